The number of carbonyl (C=O) groups is 1. The van der Waals surface area contributed by atoms with Crippen molar-refractivity contribution in [3.63, 3.8) is 0 Å². The molecular weight excluding hydrogens is 386 g/mol. The molecule has 4 heteroatoms. The Morgan fingerprint density at radius 3 is 2.35 bits per heavy atom. The molecule has 0 saturated heterocycles. The fraction of sp³-hybridized carbons (Fsp3) is 0.296. The SMILES string of the molecule is COc1cc(C(=O)Nc2ccc(C3CCCCC3)cc2)ccc1OCc1ccccc1. The van der Waals surface area contributed by atoms with Crippen LogP contribution in [0.3, 0.4) is 0 Å². The first-order chi connectivity index (χ1) is 15.2. The Morgan fingerprint density at radius 1 is 0.903 bits per heavy atom. The van der Waals surface area contributed by atoms with Gasteiger partial charge >= 0.3 is 0 Å². The molecule has 0 spiro atoms. The van der Waals surface area contributed by atoms with E-state index in [-0.39, 0.29) is 5.91 Å². The van der Waals surface area contributed by atoms with Crippen LogP contribution in [-0.4, -0.2) is 13.0 Å². The Balaban J connectivity index is 1.39. The summed E-state index contributed by atoms with van der Waals surface area (Å²) < 4.78 is 11.3. The van der Waals surface area contributed by atoms with Gasteiger partial charge in [0.05, 0.1) is 7.11 Å². The van der Waals surface area contributed by atoms with Crippen LogP contribution in [0.2, 0.25) is 0 Å². The smallest absolute Gasteiger partial charge is 0.255 e. The lowest BCUT2D eigenvalue weighted by atomic mass is 9.84. The number of hydrogen-bond acceptors (Lipinski definition) is 3. The van der Waals surface area contributed by atoms with E-state index in [0.29, 0.717) is 29.6 Å². The second kappa shape index (κ2) is 10.2. The number of amides is 1. The lowest BCUT2D eigenvalue weighted by molar-refractivity contribution is 0.102. The van der Waals surface area contributed by atoms with Crippen LogP contribution >= 0.6 is 0 Å². The third kappa shape index (κ3) is 5.46. The normalized spacial score (nSPS) is 14.1. The molecule has 1 aliphatic carbocycles. The van der Waals surface area contributed by atoms with Gasteiger partial charge in [0.25, 0.3) is 5.91 Å². The van der Waals surface area contributed by atoms with Crippen molar-refractivity contribution in [2.45, 2.75) is 44.6 Å². The molecule has 1 N–H and O–H groups in total. The standard InChI is InChI=1S/C27H29NO3/c1-30-26-18-23(14-17-25(26)31-19-20-8-4-2-5-9-20)27(29)28-24-15-12-22(13-16-24)21-10-6-3-7-11-21/h2,4-5,8-9,12-18,21H,3,6-7,10-11,19H2,1H3,(H,28,29). The van der Waals surface area contributed by atoms with E-state index < -0.39 is 0 Å². The topological polar surface area (TPSA) is 47.6 Å². The van der Waals surface area contributed by atoms with Gasteiger partial charge in [0.15, 0.2) is 11.5 Å². The fourth-order valence-corrected chi connectivity index (χ4v) is 4.14. The number of benzene rings is 3. The highest BCUT2D eigenvalue weighted by Crippen LogP contribution is 2.33. The van der Waals surface area contributed by atoms with E-state index in [1.54, 1.807) is 25.3 Å². The maximum atomic E-state index is 12.8. The quantitative estimate of drug-likeness (QED) is 0.474. The van der Waals surface area contributed by atoms with Crippen LogP contribution in [0.25, 0.3) is 0 Å². The predicted molar refractivity (Wildman–Crippen MR) is 124 cm³/mol. The number of methoxy groups -OCH3 is 1. The molecule has 31 heavy (non-hydrogen) atoms. The molecule has 1 saturated carbocycles. The minimum absolute atomic E-state index is 0.168. The molecule has 0 bridgehead atoms. The van der Waals surface area contributed by atoms with Gasteiger partial charge < -0.3 is 14.8 Å². The predicted octanol–water partition coefficient (Wildman–Crippen LogP) is 6.57. The van der Waals surface area contributed by atoms with Crippen molar-refractivity contribution in [3.8, 4) is 11.5 Å². The van der Waals surface area contributed by atoms with Crippen LogP contribution < -0.4 is 14.8 Å². The third-order valence-electron chi connectivity index (χ3n) is 5.91. The van der Waals surface area contributed by atoms with Gasteiger partial charge in [-0.3, -0.25) is 4.79 Å². The van der Waals surface area contributed by atoms with Crippen LogP contribution in [0.15, 0.2) is 72.8 Å². The van der Waals surface area contributed by atoms with Crippen LogP contribution in [-0.2, 0) is 6.61 Å². The number of hydrogen-bond donors (Lipinski definition) is 1. The van der Waals surface area contributed by atoms with Crippen molar-refractivity contribution in [1.82, 2.24) is 0 Å². The monoisotopic (exact) mass is 415 g/mol. The molecule has 3 aromatic rings. The van der Waals surface area contributed by atoms with E-state index in [1.165, 1.54) is 37.7 Å². The number of ether oxygens (including phenoxy) is 2. The molecule has 160 valence electrons. The van der Waals surface area contributed by atoms with Crippen molar-refractivity contribution < 1.29 is 14.3 Å². The van der Waals surface area contributed by atoms with Gasteiger partial charge in [-0.05, 0) is 60.2 Å². The van der Waals surface area contributed by atoms with Gasteiger partial charge in [-0.25, -0.2) is 0 Å². The van der Waals surface area contributed by atoms with Crippen molar-refractivity contribution in [1.29, 1.82) is 0 Å². The Hall–Kier alpha value is -3.27. The summed E-state index contributed by atoms with van der Waals surface area (Å²) in [6.07, 6.45) is 6.52. The summed E-state index contributed by atoms with van der Waals surface area (Å²) in [5.74, 6) is 1.64. The van der Waals surface area contributed by atoms with E-state index in [1.807, 2.05) is 42.5 Å². The van der Waals surface area contributed by atoms with Crippen LogP contribution in [0.1, 0.15) is 59.5 Å². The van der Waals surface area contributed by atoms with E-state index in [0.717, 1.165) is 11.3 Å². The molecule has 4 nitrogen and oxygen atoms in total. The zero-order chi connectivity index (χ0) is 21.5. The largest absolute Gasteiger partial charge is 0.493 e. The zero-order valence-electron chi connectivity index (χ0n) is 18.0. The van der Waals surface area contributed by atoms with Crippen LogP contribution in [0, 0.1) is 0 Å². The highest BCUT2D eigenvalue weighted by atomic mass is 16.5. The van der Waals surface area contributed by atoms with Crippen LogP contribution in [0.4, 0.5) is 5.69 Å². The molecule has 4 rings (SSSR count). The molecule has 3 aromatic carbocycles. The van der Waals surface area contributed by atoms with Crippen molar-refractivity contribution in [3.05, 3.63) is 89.5 Å². The average molecular weight is 416 g/mol. The Kier molecular flexibility index (Phi) is 6.88. The Labute approximate surface area is 184 Å². The first kappa shape index (κ1) is 21.0. The lowest BCUT2D eigenvalue weighted by Gasteiger charge is -2.22. The number of carbonyl (C=O) groups excluding carboxylic acids is 1. The van der Waals surface area contributed by atoms with Crippen molar-refractivity contribution >= 4 is 11.6 Å². The summed E-state index contributed by atoms with van der Waals surface area (Å²) in [7, 11) is 1.58. The minimum atomic E-state index is -0.168. The molecule has 1 fully saturated rings. The third-order valence-corrected chi connectivity index (χ3v) is 5.91. The second-order valence-corrected chi connectivity index (χ2v) is 8.05. The molecule has 0 radical (unpaired) electrons. The van der Waals surface area contributed by atoms with Gasteiger partial charge in [-0.1, -0.05) is 61.7 Å². The summed E-state index contributed by atoms with van der Waals surface area (Å²) in [6.45, 7) is 0.441. The number of rotatable bonds is 7. The lowest BCUT2D eigenvalue weighted by Crippen LogP contribution is -2.12. The summed E-state index contributed by atoms with van der Waals surface area (Å²) in [6, 6.07) is 23.5. The highest BCUT2D eigenvalue weighted by molar-refractivity contribution is 6.04. The van der Waals surface area contributed by atoms with Gasteiger partial charge in [-0.15, -0.1) is 0 Å². The van der Waals surface area contributed by atoms with E-state index in [4.69, 9.17) is 9.47 Å². The van der Waals surface area contributed by atoms with E-state index in [9.17, 15) is 4.79 Å². The maximum absolute atomic E-state index is 12.8. The van der Waals surface area contributed by atoms with E-state index >= 15 is 0 Å². The Morgan fingerprint density at radius 2 is 1.65 bits per heavy atom. The maximum Gasteiger partial charge on any atom is 0.255 e. The molecule has 0 aromatic heterocycles. The second-order valence-electron chi connectivity index (χ2n) is 8.05. The molecule has 0 heterocycles. The molecular formula is C27H29NO3. The molecule has 1 amide bonds. The first-order valence-corrected chi connectivity index (χ1v) is 11.0. The summed E-state index contributed by atoms with van der Waals surface area (Å²) in [5, 5.41) is 2.98. The molecule has 1 aliphatic rings. The molecule has 0 atom stereocenters. The molecule has 0 unspecified atom stereocenters. The zero-order valence-corrected chi connectivity index (χ0v) is 18.0. The van der Waals surface area contributed by atoms with Crippen molar-refractivity contribution in [2.75, 3.05) is 12.4 Å². The fourth-order valence-electron chi connectivity index (χ4n) is 4.14. The number of nitrogens with one attached hydrogen (secondary N) is 1. The number of anilines is 1. The van der Waals surface area contributed by atoms with Gasteiger partial charge in [0.1, 0.15) is 6.61 Å². The highest BCUT2D eigenvalue weighted by Gasteiger charge is 2.16. The van der Waals surface area contributed by atoms with Gasteiger partial charge in [-0.2, -0.15) is 0 Å². The van der Waals surface area contributed by atoms with Crippen LogP contribution in [0.5, 0.6) is 11.5 Å². The van der Waals surface area contributed by atoms with Crippen molar-refractivity contribution in [2.24, 2.45) is 0 Å². The first-order valence-electron chi connectivity index (χ1n) is 11.0. The minimum Gasteiger partial charge on any atom is -0.493 e. The Bertz CT molecular complexity index is 993. The van der Waals surface area contributed by atoms with E-state index in [2.05, 4.69) is 17.4 Å². The average Bonchev–Trinajstić information content (AvgIpc) is 2.84. The molecule has 0 aliphatic heterocycles. The summed E-state index contributed by atoms with van der Waals surface area (Å²) in [5.41, 5.74) is 3.77. The van der Waals surface area contributed by atoms with Gasteiger partial charge in [0, 0.05) is 11.3 Å². The summed E-state index contributed by atoms with van der Waals surface area (Å²) in [4.78, 5) is 12.8. The summed E-state index contributed by atoms with van der Waals surface area (Å²) >= 11 is 0. The van der Waals surface area contributed by atoms with Gasteiger partial charge in [0.2, 0.25) is 0 Å².